The molecular weight excluding hydrogens is 268 g/mol. The fourth-order valence-electron chi connectivity index (χ4n) is 5.42. The Labute approximate surface area is 138 Å². The van der Waals surface area contributed by atoms with Crippen LogP contribution in [0.3, 0.4) is 0 Å². The van der Waals surface area contributed by atoms with E-state index in [9.17, 15) is 0 Å². The molecule has 2 rings (SSSR count). The van der Waals surface area contributed by atoms with E-state index in [0.29, 0.717) is 0 Å². The van der Waals surface area contributed by atoms with E-state index in [2.05, 4.69) is 20.8 Å². The molecule has 0 saturated heterocycles. The highest BCUT2D eigenvalue weighted by Crippen LogP contribution is 2.44. The first-order valence-corrected chi connectivity index (χ1v) is 9.95. The molecule has 2 saturated carbocycles. The van der Waals surface area contributed by atoms with E-state index in [1.54, 1.807) is 0 Å². The molecule has 0 aromatic heterocycles. The van der Waals surface area contributed by atoms with Gasteiger partial charge in [-0.1, -0.05) is 33.6 Å². The van der Waals surface area contributed by atoms with Gasteiger partial charge in [0.15, 0.2) is 0 Å². The number of hydrogen-bond acceptors (Lipinski definition) is 2. The summed E-state index contributed by atoms with van der Waals surface area (Å²) in [7, 11) is 0. The van der Waals surface area contributed by atoms with Crippen LogP contribution in [0.1, 0.15) is 72.1 Å². The van der Waals surface area contributed by atoms with Gasteiger partial charge in [0, 0.05) is 0 Å². The fourth-order valence-corrected chi connectivity index (χ4v) is 5.42. The Bertz CT molecular complexity index is 315. The van der Waals surface area contributed by atoms with E-state index in [0.717, 1.165) is 54.5 Å². The van der Waals surface area contributed by atoms with Crippen molar-refractivity contribution >= 4 is 0 Å². The summed E-state index contributed by atoms with van der Waals surface area (Å²) in [5.74, 6) is 6.06. The zero-order chi connectivity index (χ0) is 16.1. The molecule has 22 heavy (non-hydrogen) atoms. The van der Waals surface area contributed by atoms with Gasteiger partial charge in [0.05, 0.1) is 0 Å². The van der Waals surface area contributed by atoms with Gasteiger partial charge in [-0.05, 0) is 93.0 Å². The highest BCUT2D eigenvalue weighted by atomic mass is 14.6. The molecule has 0 amide bonds. The van der Waals surface area contributed by atoms with Gasteiger partial charge in [0.2, 0.25) is 0 Å². The lowest BCUT2D eigenvalue weighted by Gasteiger charge is -2.41. The smallest absolute Gasteiger partial charge is 0.00488 e. The third-order valence-electron chi connectivity index (χ3n) is 6.98. The molecule has 6 atom stereocenters. The minimum absolute atomic E-state index is 0.787. The van der Waals surface area contributed by atoms with Crippen molar-refractivity contribution in [2.24, 2.45) is 52.9 Å². The minimum atomic E-state index is 0.787. The lowest BCUT2D eigenvalue weighted by molar-refractivity contribution is 0.0950. The minimum Gasteiger partial charge on any atom is -0.330 e. The highest BCUT2D eigenvalue weighted by Gasteiger charge is 2.34. The van der Waals surface area contributed by atoms with E-state index in [4.69, 9.17) is 11.5 Å². The molecule has 130 valence electrons. The molecule has 0 aromatic carbocycles. The maximum atomic E-state index is 5.95. The second kappa shape index (κ2) is 8.68. The molecule has 2 fully saturated rings. The van der Waals surface area contributed by atoms with Gasteiger partial charge in [0.25, 0.3) is 0 Å². The first-order chi connectivity index (χ1) is 10.5. The van der Waals surface area contributed by atoms with Crippen LogP contribution < -0.4 is 11.5 Å². The van der Waals surface area contributed by atoms with Gasteiger partial charge in [-0.25, -0.2) is 0 Å². The van der Waals surface area contributed by atoms with E-state index < -0.39 is 0 Å². The largest absolute Gasteiger partial charge is 0.330 e. The van der Waals surface area contributed by atoms with Crippen LogP contribution in [0.4, 0.5) is 0 Å². The van der Waals surface area contributed by atoms with Gasteiger partial charge >= 0.3 is 0 Å². The van der Waals surface area contributed by atoms with Crippen LogP contribution in [0.15, 0.2) is 0 Å². The maximum absolute atomic E-state index is 5.95. The molecule has 2 heteroatoms. The summed E-state index contributed by atoms with van der Waals surface area (Å²) in [5, 5.41) is 0. The average molecular weight is 309 g/mol. The average Bonchev–Trinajstić information content (AvgIpc) is 2.55. The van der Waals surface area contributed by atoms with Gasteiger partial charge in [-0.3, -0.25) is 0 Å². The first-order valence-electron chi connectivity index (χ1n) is 9.95. The monoisotopic (exact) mass is 308 g/mol. The summed E-state index contributed by atoms with van der Waals surface area (Å²) in [5.41, 5.74) is 11.9. The van der Waals surface area contributed by atoms with E-state index in [1.807, 2.05) is 0 Å². The third-order valence-corrected chi connectivity index (χ3v) is 6.98. The summed E-state index contributed by atoms with van der Waals surface area (Å²) in [6, 6.07) is 0. The zero-order valence-corrected chi connectivity index (χ0v) is 15.3. The van der Waals surface area contributed by atoms with Crippen LogP contribution in [0, 0.1) is 41.4 Å². The van der Waals surface area contributed by atoms with Crippen molar-refractivity contribution in [3.8, 4) is 0 Å². The van der Waals surface area contributed by atoms with E-state index in [1.165, 1.54) is 51.4 Å². The normalized spacial score (nSPS) is 38.2. The van der Waals surface area contributed by atoms with Gasteiger partial charge in [0.1, 0.15) is 0 Å². The molecular formula is C20H40N2. The fraction of sp³-hybridized carbons (Fsp3) is 1.00. The van der Waals surface area contributed by atoms with Gasteiger partial charge in [-0.15, -0.1) is 0 Å². The molecule has 0 bridgehead atoms. The number of hydrogen-bond donors (Lipinski definition) is 2. The summed E-state index contributed by atoms with van der Waals surface area (Å²) in [6.07, 6.45) is 11.2. The molecule has 0 radical (unpaired) electrons. The standard InChI is InChI=1S/C20H40N2/c1-14(2)20-11-17(13-22)7-8-19(20)9-15(3)18-6-4-5-16(10-18)12-21/h14-20H,4-13,21-22H2,1-3H3/t15?,16-,17?,18-,19?,20?/m1/s1. The van der Waals surface area contributed by atoms with Crippen molar-refractivity contribution in [1.82, 2.24) is 0 Å². The predicted octanol–water partition coefficient (Wildman–Crippen LogP) is 4.42. The van der Waals surface area contributed by atoms with Crippen molar-refractivity contribution in [1.29, 1.82) is 0 Å². The lowest BCUT2D eigenvalue weighted by Crippen LogP contribution is -2.34. The molecule has 0 aromatic rings. The topological polar surface area (TPSA) is 52.0 Å². The summed E-state index contributed by atoms with van der Waals surface area (Å²) in [4.78, 5) is 0. The summed E-state index contributed by atoms with van der Waals surface area (Å²) >= 11 is 0. The second-order valence-electron chi connectivity index (χ2n) is 8.82. The predicted molar refractivity (Wildman–Crippen MR) is 96.5 cm³/mol. The Hall–Kier alpha value is -0.0800. The van der Waals surface area contributed by atoms with Crippen molar-refractivity contribution < 1.29 is 0 Å². The van der Waals surface area contributed by atoms with Crippen molar-refractivity contribution in [2.45, 2.75) is 72.1 Å². The Morgan fingerprint density at radius 3 is 2.18 bits per heavy atom. The van der Waals surface area contributed by atoms with Gasteiger partial charge < -0.3 is 11.5 Å². The molecule has 0 heterocycles. The van der Waals surface area contributed by atoms with Crippen LogP contribution in [0.25, 0.3) is 0 Å². The van der Waals surface area contributed by atoms with E-state index >= 15 is 0 Å². The SMILES string of the molecule is CC(C)C1CC(CN)CCC1CC(C)[C@@H]1CCC[C@@H](CN)C1. The van der Waals surface area contributed by atoms with Crippen molar-refractivity contribution in [3.05, 3.63) is 0 Å². The summed E-state index contributed by atoms with van der Waals surface area (Å²) in [6.45, 7) is 9.17. The molecule has 0 spiro atoms. The van der Waals surface area contributed by atoms with Crippen molar-refractivity contribution in [3.63, 3.8) is 0 Å². The van der Waals surface area contributed by atoms with Crippen LogP contribution >= 0.6 is 0 Å². The molecule has 2 nitrogen and oxygen atoms in total. The molecule has 2 aliphatic carbocycles. The summed E-state index contributed by atoms with van der Waals surface area (Å²) < 4.78 is 0. The van der Waals surface area contributed by atoms with Gasteiger partial charge in [-0.2, -0.15) is 0 Å². The first kappa shape index (κ1) is 18.3. The molecule has 2 aliphatic rings. The highest BCUT2D eigenvalue weighted by molar-refractivity contribution is 4.85. The molecule has 0 aliphatic heterocycles. The Morgan fingerprint density at radius 1 is 0.864 bits per heavy atom. The van der Waals surface area contributed by atoms with Crippen LogP contribution in [-0.2, 0) is 0 Å². The Balaban J connectivity index is 1.90. The van der Waals surface area contributed by atoms with Crippen LogP contribution in [-0.4, -0.2) is 13.1 Å². The lowest BCUT2D eigenvalue weighted by atomic mass is 9.65. The Morgan fingerprint density at radius 2 is 1.55 bits per heavy atom. The molecule has 4 unspecified atom stereocenters. The Kier molecular flexibility index (Phi) is 7.21. The molecule has 4 N–H and O–H groups in total. The van der Waals surface area contributed by atoms with Crippen molar-refractivity contribution in [2.75, 3.05) is 13.1 Å². The van der Waals surface area contributed by atoms with E-state index in [-0.39, 0.29) is 0 Å². The van der Waals surface area contributed by atoms with Crippen LogP contribution in [0.5, 0.6) is 0 Å². The number of nitrogens with two attached hydrogens (primary N) is 2. The van der Waals surface area contributed by atoms with Crippen LogP contribution in [0.2, 0.25) is 0 Å². The quantitative estimate of drug-likeness (QED) is 0.763. The number of rotatable bonds is 6. The second-order valence-corrected chi connectivity index (χ2v) is 8.82. The maximum Gasteiger partial charge on any atom is -0.00488 e. The zero-order valence-electron chi connectivity index (χ0n) is 15.3. The third kappa shape index (κ3) is 4.71.